The molecule has 1 atom stereocenters. The Balaban J connectivity index is 2.18. The summed E-state index contributed by atoms with van der Waals surface area (Å²) >= 11 is 0. The van der Waals surface area contributed by atoms with Crippen LogP contribution in [0.1, 0.15) is 24.4 Å². The predicted molar refractivity (Wildman–Crippen MR) is 78.2 cm³/mol. The highest BCUT2D eigenvalue weighted by Crippen LogP contribution is 2.22. The van der Waals surface area contributed by atoms with Crippen LogP contribution < -0.4 is 10.0 Å². The van der Waals surface area contributed by atoms with E-state index in [1.54, 1.807) is 14.0 Å². The van der Waals surface area contributed by atoms with Gasteiger partial charge in [-0.2, -0.15) is 0 Å². The van der Waals surface area contributed by atoms with Gasteiger partial charge in [0, 0.05) is 12.1 Å². The van der Waals surface area contributed by atoms with Gasteiger partial charge in [-0.15, -0.1) is 0 Å². The van der Waals surface area contributed by atoms with Gasteiger partial charge in [0.25, 0.3) is 0 Å². The van der Waals surface area contributed by atoms with Crippen LogP contribution in [0, 0.1) is 6.92 Å². The second-order valence-electron chi connectivity index (χ2n) is 5.24. The quantitative estimate of drug-likeness (QED) is 0.794. The number of sulfonamides is 1. The summed E-state index contributed by atoms with van der Waals surface area (Å²) in [6.07, 6.45) is 1.00. The molecule has 2 N–H and O–H groups in total. The Morgan fingerprint density at radius 2 is 2.14 bits per heavy atom. The lowest BCUT2D eigenvalue weighted by molar-refractivity contribution is 0.465. The summed E-state index contributed by atoms with van der Waals surface area (Å²) in [5, 5.41) is 2.88. The number of nitrogens with one attached hydrogen (secondary N) is 2. The number of hydrogen-bond acceptors (Lipinski definition) is 6. The van der Waals surface area contributed by atoms with E-state index in [-0.39, 0.29) is 16.4 Å². The topological polar surface area (TPSA) is 105 Å². The van der Waals surface area contributed by atoms with Gasteiger partial charge in [-0.05, 0) is 26.8 Å². The fourth-order valence-electron chi connectivity index (χ4n) is 2.45. The van der Waals surface area contributed by atoms with Crippen molar-refractivity contribution in [3.05, 3.63) is 17.6 Å². The maximum atomic E-state index is 12.4. The van der Waals surface area contributed by atoms with Gasteiger partial charge >= 0.3 is 0 Å². The molecule has 1 aliphatic rings. The minimum atomic E-state index is -3.77. The zero-order valence-corrected chi connectivity index (χ0v) is 13.7. The van der Waals surface area contributed by atoms with Crippen molar-refractivity contribution in [2.24, 2.45) is 0 Å². The number of aryl methyl sites for hydroxylation is 1. The van der Waals surface area contributed by atoms with Gasteiger partial charge in [-0.3, -0.25) is 0 Å². The molecule has 21 heavy (non-hydrogen) atoms. The Kier molecular flexibility index (Phi) is 4.76. The number of rotatable bonds is 5. The van der Waals surface area contributed by atoms with Gasteiger partial charge in [0.2, 0.25) is 10.0 Å². The first kappa shape index (κ1) is 16.5. The van der Waals surface area contributed by atoms with Gasteiger partial charge < -0.3 is 9.73 Å². The first-order valence-electron chi connectivity index (χ1n) is 6.70. The average Bonchev–Trinajstić information content (AvgIpc) is 2.69. The zero-order valence-electron chi connectivity index (χ0n) is 12.0. The lowest BCUT2D eigenvalue weighted by Crippen LogP contribution is -2.43. The van der Waals surface area contributed by atoms with Gasteiger partial charge in [-0.1, -0.05) is 0 Å². The molecule has 2 rings (SSSR count). The third-order valence-electron chi connectivity index (χ3n) is 3.35. The van der Waals surface area contributed by atoms with Gasteiger partial charge in [0.05, 0.1) is 18.1 Å². The summed E-state index contributed by atoms with van der Waals surface area (Å²) in [5.74, 6) is 0.799. The Bertz CT molecular complexity index is 706. The van der Waals surface area contributed by atoms with Gasteiger partial charge in [0.15, 0.2) is 9.84 Å². The number of furan rings is 1. The van der Waals surface area contributed by atoms with Crippen LogP contribution in [-0.2, 0) is 26.4 Å². The normalized spacial score (nSPS) is 22.3. The van der Waals surface area contributed by atoms with Gasteiger partial charge in [-0.25, -0.2) is 21.6 Å². The molecule has 0 spiro atoms. The van der Waals surface area contributed by atoms with Crippen molar-refractivity contribution in [3.8, 4) is 0 Å². The highest BCUT2D eigenvalue weighted by Gasteiger charge is 2.30. The van der Waals surface area contributed by atoms with Gasteiger partial charge in [0.1, 0.15) is 16.4 Å². The summed E-state index contributed by atoms with van der Waals surface area (Å²) in [7, 11) is -5.20. The van der Waals surface area contributed by atoms with Crippen molar-refractivity contribution >= 4 is 19.9 Å². The lowest BCUT2D eigenvalue weighted by atomic mass is 10.2. The van der Waals surface area contributed by atoms with E-state index in [4.69, 9.17) is 4.42 Å². The molecule has 0 aromatic carbocycles. The molecule has 1 fully saturated rings. The lowest BCUT2D eigenvalue weighted by Gasteiger charge is -2.22. The highest BCUT2D eigenvalue weighted by molar-refractivity contribution is 7.91. The van der Waals surface area contributed by atoms with Crippen molar-refractivity contribution < 1.29 is 21.3 Å². The van der Waals surface area contributed by atoms with Crippen LogP contribution in [0.15, 0.2) is 15.4 Å². The zero-order chi connectivity index (χ0) is 15.7. The molecule has 1 aliphatic heterocycles. The van der Waals surface area contributed by atoms with Crippen LogP contribution in [0.5, 0.6) is 0 Å². The maximum absolute atomic E-state index is 12.4. The van der Waals surface area contributed by atoms with E-state index in [0.717, 1.165) is 0 Å². The Morgan fingerprint density at radius 1 is 1.43 bits per heavy atom. The van der Waals surface area contributed by atoms with Crippen LogP contribution in [0.25, 0.3) is 0 Å². The summed E-state index contributed by atoms with van der Waals surface area (Å²) < 4.78 is 55.7. The molecular formula is C12H20N2O5S2. The molecule has 0 aliphatic carbocycles. The standard InChI is InChI=1S/C12H20N2O5S2/c1-9-12(6-11(19-9)7-13-2)21(17,18)14-10-4-3-5-20(15,16)8-10/h6,10,13-14H,3-5,7-8H2,1-2H3. The second-order valence-corrected chi connectivity index (χ2v) is 9.15. The smallest absolute Gasteiger partial charge is 0.244 e. The summed E-state index contributed by atoms with van der Waals surface area (Å²) in [6.45, 7) is 2.00. The molecule has 2 heterocycles. The fraction of sp³-hybridized carbons (Fsp3) is 0.667. The van der Waals surface area contributed by atoms with Crippen LogP contribution in [0.2, 0.25) is 0 Å². The minimum Gasteiger partial charge on any atom is -0.464 e. The number of hydrogen-bond donors (Lipinski definition) is 2. The molecule has 0 bridgehead atoms. The molecular weight excluding hydrogens is 316 g/mol. The van der Waals surface area contributed by atoms with Crippen LogP contribution >= 0.6 is 0 Å². The first-order chi connectivity index (χ1) is 9.73. The third kappa shape index (κ3) is 4.06. The minimum absolute atomic E-state index is 0.0655. The largest absolute Gasteiger partial charge is 0.464 e. The first-order valence-corrected chi connectivity index (χ1v) is 10.0. The molecule has 7 nitrogen and oxygen atoms in total. The molecule has 9 heteroatoms. The summed E-state index contributed by atoms with van der Waals surface area (Å²) in [4.78, 5) is 0.0655. The molecule has 0 amide bonds. The van der Waals surface area contributed by atoms with E-state index in [2.05, 4.69) is 10.0 Å². The Morgan fingerprint density at radius 3 is 2.76 bits per heavy atom. The Labute approximate surface area is 125 Å². The molecule has 1 saturated heterocycles. The van der Waals surface area contributed by atoms with Crippen LogP contribution in [-0.4, -0.2) is 41.4 Å². The monoisotopic (exact) mass is 336 g/mol. The summed E-state index contributed by atoms with van der Waals surface area (Å²) in [5.41, 5.74) is 0. The maximum Gasteiger partial charge on any atom is 0.244 e. The van der Waals surface area contributed by atoms with E-state index >= 15 is 0 Å². The van der Waals surface area contributed by atoms with E-state index in [1.165, 1.54) is 6.07 Å². The molecule has 1 unspecified atom stereocenters. The summed E-state index contributed by atoms with van der Waals surface area (Å²) in [6, 6.07) is 0.890. The van der Waals surface area contributed by atoms with Crippen molar-refractivity contribution in [3.63, 3.8) is 0 Å². The van der Waals surface area contributed by atoms with Crippen molar-refractivity contribution in [2.75, 3.05) is 18.6 Å². The molecule has 0 saturated carbocycles. The van der Waals surface area contributed by atoms with E-state index in [9.17, 15) is 16.8 Å². The van der Waals surface area contributed by atoms with E-state index in [1.807, 2.05) is 0 Å². The SMILES string of the molecule is CNCc1cc(S(=O)(=O)NC2CCCS(=O)(=O)C2)c(C)o1. The molecule has 120 valence electrons. The van der Waals surface area contributed by atoms with Crippen molar-refractivity contribution in [1.29, 1.82) is 0 Å². The Hall–Kier alpha value is -0.900. The fourth-order valence-corrected chi connectivity index (χ4v) is 5.67. The molecule has 1 aromatic rings. The van der Waals surface area contributed by atoms with Crippen LogP contribution in [0.3, 0.4) is 0 Å². The van der Waals surface area contributed by atoms with Crippen molar-refractivity contribution in [2.45, 2.75) is 37.2 Å². The molecule has 1 aromatic heterocycles. The molecule has 0 radical (unpaired) electrons. The average molecular weight is 336 g/mol. The van der Waals surface area contributed by atoms with E-state index in [0.29, 0.717) is 30.9 Å². The second kappa shape index (κ2) is 6.07. The highest BCUT2D eigenvalue weighted by atomic mass is 32.2. The van der Waals surface area contributed by atoms with Crippen LogP contribution in [0.4, 0.5) is 0 Å². The predicted octanol–water partition coefficient (Wildman–Crippen LogP) is 0.163. The third-order valence-corrected chi connectivity index (χ3v) is 6.80. The number of sulfone groups is 1. The van der Waals surface area contributed by atoms with Crippen molar-refractivity contribution in [1.82, 2.24) is 10.0 Å². The van der Waals surface area contributed by atoms with E-state index < -0.39 is 25.9 Å².